The first-order valence-electron chi connectivity index (χ1n) is 10.4. The number of rotatable bonds is 6. The first-order chi connectivity index (χ1) is 15.9. The van der Waals surface area contributed by atoms with Gasteiger partial charge in [-0.2, -0.15) is 0 Å². The number of oxazole rings is 1. The summed E-state index contributed by atoms with van der Waals surface area (Å²) in [6.45, 7) is 3.86. The predicted molar refractivity (Wildman–Crippen MR) is 134 cm³/mol. The van der Waals surface area contributed by atoms with Crippen LogP contribution in [0.25, 0.3) is 11.1 Å². The van der Waals surface area contributed by atoms with Crippen LogP contribution >= 0.6 is 23.8 Å². The number of fused-ring (bicyclic) bond motifs is 1. The van der Waals surface area contributed by atoms with Crippen LogP contribution in [0.4, 0.5) is 5.69 Å². The zero-order chi connectivity index (χ0) is 23.4. The van der Waals surface area contributed by atoms with E-state index < -0.39 is 0 Å². The molecule has 0 atom stereocenters. The Morgan fingerprint density at radius 3 is 2.67 bits per heavy atom. The largest absolute Gasteiger partial charge is 0.491 e. The van der Waals surface area contributed by atoms with E-state index in [9.17, 15) is 4.79 Å². The van der Waals surface area contributed by atoms with E-state index in [1.165, 1.54) is 0 Å². The molecule has 1 aromatic heterocycles. The Labute approximate surface area is 201 Å². The molecule has 4 rings (SSSR count). The van der Waals surface area contributed by atoms with Gasteiger partial charge in [0.25, 0.3) is 5.91 Å². The molecule has 0 spiro atoms. The molecule has 3 aromatic carbocycles. The van der Waals surface area contributed by atoms with Crippen LogP contribution in [0.1, 0.15) is 35.7 Å². The summed E-state index contributed by atoms with van der Waals surface area (Å²) in [5, 5.41) is 6.57. The lowest BCUT2D eigenvalue weighted by Gasteiger charge is -2.12. The maximum atomic E-state index is 12.6. The third kappa shape index (κ3) is 6.09. The summed E-state index contributed by atoms with van der Waals surface area (Å²) < 4.78 is 11.5. The second kappa shape index (κ2) is 10.0. The van der Waals surface area contributed by atoms with E-state index >= 15 is 0 Å². The van der Waals surface area contributed by atoms with Crippen LogP contribution in [-0.2, 0) is 6.42 Å². The molecule has 0 bridgehead atoms. The van der Waals surface area contributed by atoms with Crippen molar-refractivity contribution in [2.24, 2.45) is 0 Å². The maximum absolute atomic E-state index is 12.6. The number of nitrogens with one attached hydrogen (secondary N) is 2. The van der Waals surface area contributed by atoms with E-state index in [4.69, 9.17) is 33.0 Å². The SMILES string of the molecule is CC(C)Oc1cccc(C(=O)NC(=S)Nc2ccc3oc(Cc4ccc(Cl)cc4)nc3c2)c1. The van der Waals surface area contributed by atoms with Gasteiger partial charge in [-0.05, 0) is 80.2 Å². The van der Waals surface area contributed by atoms with E-state index in [-0.39, 0.29) is 17.1 Å². The molecule has 0 radical (unpaired) electrons. The van der Waals surface area contributed by atoms with Gasteiger partial charge in [-0.3, -0.25) is 10.1 Å². The average molecular weight is 480 g/mol. The third-order valence-electron chi connectivity index (χ3n) is 4.65. The van der Waals surface area contributed by atoms with Crippen LogP contribution in [0.3, 0.4) is 0 Å². The highest BCUT2D eigenvalue weighted by molar-refractivity contribution is 7.80. The van der Waals surface area contributed by atoms with Gasteiger partial charge >= 0.3 is 0 Å². The lowest BCUT2D eigenvalue weighted by atomic mass is 10.1. The molecule has 0 saturated carbocycles. The fourth-order valence-electron chi connectivity index (χ4n) is 3.23. The Balaban J connectivity index is 1.40. The monoisotopic (exact) mass is 479 g/mol. The molecule has 33 heavy (non-hydrogen) atoms. The number of carbonyl (C=O) groups is 1. The van der Waals surface area contributed by atoms with Gasteiger partial charge in [-0.15, -0.1) is 0 Å². The first-order valence-corrected chi connectivity index (χ1v) is 11.2. The fraction of sp³-hybridized carbons (Fsp3) is 0.160. The van der Waals surface area contributed by atoms with Crippen LogP contribution in [0.2, 0.25) is 5.02 Å². The lowest BCUT2D eigenvalue weighted by molar-refractivity contribution is 0.0977. The number of anilines is 1. The average Bonchev–Trinajstić information content (AvgIpc) is 3.16. The Kier molecular flexibility index (Phi) is 6.91. The summed E-state index contributed by atoms with van der Waals surface area (Å²) in [5.41, 5.74) is 3.56. The summed E-state index contributed by atoms with van der Waals surface area (Å²) in [7, 11) is 0. The molecule has 6 nitrogen and oxygen atoms in total. The van der Waals surface area contributed by atoms with Crippen LogP contribution < -0.4 is 15.4 Å². The molecule has 8 heteroatoms. The molecule has 1 amide bonds. The first kappa shape index (κ1) is 22.8. The number of hydrogen-bond acceptors (Lipinski definition) is 5. The van der Waals surface area contributed by atoms with Crippen molar-refractivity contribution in [1.82, 2.24) is 10.3 Å². The summed E-state index contributed by atoms with van der Waals surface area (Å²) in [4.78, 5) is 17.1. The Bertz CT molecular complexity index is 1300. The van der Waals surface area contributed by atoms with E-state index in [1.807, 2.05) is 62.4 Å². The number of thiocarbonyl (C=S) groups is 1. The Morgan fingerprint density at radius 1 is 1.12 bits per heavy atom. The van der Waals surface area contributed by atoms with E-state index in [2.05, 4.69) is 15.6 Å². The number of nitrogens with zero attached hydrogens (tertiary/aromatic N) is 1. The van der Waals surface area contributed by atoms with Crippen LogP contribution in [0, 0.1) is 0 Å². The highest BCUT2D eigenvalue weighted by Crippen LogP contribution is 2.22. The summed E-state index contributed by atoms with van der Waals surface area (Å²) in [6, 6.07) is 20.0. The molecule has 0 aliphatic heterocycles. The summed E-state index contributed by atoms with van der Waals surface area (Å²) in [5.74, 6) is 0.903. The summed E-state index contributed by atoms with van der Waals surface area (Å²) >= 11 is 11.3. The minimum Gasteiger partial charge on any atom is -0.491 e. The number of ether oxygens (including phenoxy) is 1. The normalized spacial score (nSPS) is 10.9. The smallest absolute Gasteiger partial charge is 0.257 e. The molecule has 0 unspecified atom stereocenters. The van der Waals surface area contributed by atoms with Gasteiger partial charge in [-0.1, -0.05) is 29.8 Å². The number of hydrogen-bond donors (Lipinski definition) is 2. The number of benzene rings is 3. The molecule has 0 saturated heterocycles. The van der Waals surface area contributed by atoms with Crippen molar-refractivity contribution in [3.8, 4) is 5.75 Å². The highest BCUT2D eigenvalue weighted by atomic mass is 35.5. The molecular weight excluding hydrogens is 458 g/mol. The van der Waals surface area contributed by atoms with E-state index in [1.54, 1.807) is 18.2 Å². The molecule has 1 heterocycles. The van der Waals surface area contributed by atoms with Gasteiger partial charge in [0.2, 0.25) is 0 Å². The van der Waals surface area contributed by atoms with Gasteiger partial charge in [0, 0.05) is 22.7 Å². The lowest BCUT2D eigenvalue weighted by Crippen LogP contribution is -2.34. The number of carbonyl (C=O) groups excluding carboxylic acids is 1. The van der Waals surface area contributed by atoms with Crippen molar-refractivity contribution in [1.29, 1.82) is 0 Å². The minimum absolute atomic E-state index is 0.0178. The van der Waals surface area contributed by atoms with Crippen molar-refractivity contribution in [2.75, 3.05) is 5.32 Å². The summed E-state index contributed by atoms with van der Waals surface area (Å²) in [6.07, 6.45) is 0.576. The molecule has 2 N–H and O–H groups in total. The topological polar surface area (TPSA) is 76.4 Å². The van der Waals surface area contributed by atoms with E-state index in [0.717, 1.165) is 5.56 Å². The Morgan fingerprint density at radius 2 is 1.91 bits per heavy atom. The third-order valence-corrected chi connectivity index (χ3v) is 5.11. The zero-order valence-electron chi connectivity index (χ0n) is 18.1. The minimum atomic E-state index is -0.325. The van der Waals surface area contributed by atoms with Crippen molar-refractivity contribution in [2.45, 2.75) is 26.4 Å². The number of halogens is 1. The van der Waals surface area contributed by atoms with Gasteiger partial charge < -0.3 is 14.5 Å². The van der Waals surface area contributed by atoms with E-state index in [0.29, 0.717) is 45.4 Å². The molecule has 168 valence electrons. The standard InChI is InChI=1S/C25H22ClN3O3S/c1-15(2)31-20-5-3-4-17(13-20)24(30)29-25(33)27-19-10-11-22-21(14-19)28-23(32-22)12-16-6-8-18(26)9-7-16/h3-11,13-15H,12H2,1-2H3,(H2,27,29,30,33). The van der Waals surface area contributed by atoms with Crippen molar-refractivity contribution in [3.05, 3.63) is 88.8 Å². The van der Waals surface area contributed by atoms with Crippen molar-refractivity contribution < 1.29 is 13.9 Å². The van der Waals surface area contributed by atoms with Gasteiger partial charge in [0.1, 0.15) is 11.3 Å². The Hall–Kier alpha value is -3.42. The van der Waals surface area contributed by atoms with Crippen LogP contribution in [-0.4, -0.2) is 22.1 Å². The number of aromatic nitrogens is 1. The molecule has 0 fully saturated rings. The molecule has 0 aliphatic rings. The number of amides is 1. The van der Waals surface area contributed by atoms with Crippen molar-refractivity contribution in [3.63, 3.8) is 0 Å². The van der Waals surface area contributed by atoms with Crippen LogP contribution in [0.5, 0.6) is 5.75 Å². The molecule has 4 aromatic rings. The second-order valence-corrected chi connectivity index (χ2v) is 8.54. The second-order valence-electron chi connectivity index (χ2n) is 7.70. The van der Waals surface area contributed by atoms with Gasteiger partial charge in [0.15, 0.2) is 16.6 Å². The predicted octanol–water partition coefficient (Wildman–Crippen LogP) is 5.99. The fourth-order valence-corrected chi connectivity index (χ4v) is 3.56. The highest BCUT2D eigenvalue weighted by Gasteiger charge is 2.12. The zero-order valence-corrected chi connectivity index (χ0v) is 19.7. The quantitative estimate of drug-likeness (QED) is 0.331. The van der Waals surface area contributed by atoms with Gasteiger partial charge in [-0.25, -0.2) is 4.98 Å². The molecule has 0 aliphatic carbocycles. The maximum Gasteiger partial charge on any atom is 0.257 e. The van der Waals surface area contributed by atoms with Gasteiger partial charge in [0.05, 0.1) is 6.10 Å². The molecular formula is C25H22ClN3O3S. The van der Waals surface area contributed by atoms with Crippen LogP contribution in [0.15, 0.2) is 71.1 Å². The van der Waals surface area contributed by atoms with Crippen molar-refractivity contribution >= 4 is 51.6 Å².